The molecule has 0 bridgehead atoms. The average molecular weight is 329 g/mol. The number of nitrogens with zero attached hydrogens (tertiary/aromatic N) is 4. The van der Waals surface area contributed by atoms with Crippen LogP contribution in [0.5, 0.6) is 0 Å². The Labute approximate surface area is 135 Å². The van der Waals surface area contributed by atoms with Crippen LogP contribution in [0.3, 0.4) is 0 Å². The molecule has 1 aliphatic heterocycles. The third-order valence-electron chi connectivity index (χ3n) is 4.26. The second-order valence-corrected chi connectivity index (χ2v) is 5.65. The van der Waals surface area contributed by atoms with Gasteiger partial charge in [0.2, 0.25) is 5.91 Å². The molecule has 9 nitrogen and oxygen atoms in total. The number of para-hydroxylation sites is 2. The Bertz CT molecular complexity index is 1020. The first-order valence-electron chi connectivity index (χ1n) is 7.64. The van der Waals surface area contributed by atoms with Crippen LogP contribution in [0, 0.1) is 0 Å². The van der Waals surface area contributed by atoms with Gasteiger partial charge in [-0.2, -0.15) is 5.10 Å². The highest BCUT2D eigenvalue weighted by molar-refractivity contribution is 5.79. The standard InChI is InChI=1S/C15H15N5O4/c21-13(9-20-10-3-1-2-4-11(10)24-15(20)23)18-6-5-12-16-17-14(22)19(12)8-7-18/h1-4H,5-9H2,(H,17,22). The zero-order valence-electron chi connectivity index (χ0n) is 12.8. The van der Waals surface area contributed by atoms with Crippen LogP contribution in [-0.2, 0) is 24.3 Å². The van der Waals surface area contributed by atoms with E-state index in [9.17, 15) is 14.4 Å². The van der Waals surface area contributed by atoms with Crippen LogP contribution in [0.1, 0.15) is 5.82 Å². The van der Waals surface area contributed by atoms with E-state index in [1.54, 1.807) is 29.2 Å². The maximum Gasteiger partial charge on any atom is 0.420 e. The van der Waals surface area contributed by atoms with Gasteiger partial charge in [-0.15, -0.1) is 0 Å². The Morgan fingerprint density at radius 2 is 2.04 bits per heavy atom. The Morgan fingerprint density at radius 1 is 1.21 bits per heavy atom. The summed E-state index contributed by atoms with van der Waals surface area (Å²) in [4.78, 5) is 37.8. The van der Waals surface area contributed by atoms with Gasteiger partial charge in [-0.05, 0) is 12.1 Å². The van der Waals surface area contributed by atoms with Gasteiger partial charge in [-0.3, -0.25) is 13.9 Å². The second kappa shape index (κ2) is 5.52. The first-order chi connectivity index (χ1) is 11.6. The van der Waals surface area contributed by atoms with Crippen LogP contribution in [-0.4, -0.2) is 43.2 Å². The van der Waals surface area contributed by atoms with E-state index in [1.165, 1.54) is 9.13 Å². The summed E-state index contributed by atoms with van der Waals surface area (Å²) in [5, 5.41) is 6.37. The first-order valence-corrected chi connectivity index (χ1v) is 7.64. The summed E-state index contributed by atoms with van der Waals surface area (Å²) in [5.41, 5.74) is 0.782. The molecule has 0 fully saturated rings. The summed E-state index contributed by atoms with van der Waals surface area (Å²) < 4.78 is 8.00. The smallest absolute Gasteiger partial charge is 0.408 e. The first kappa shape index (κ1) is 14.5. The molecular formula is C15H15N5O4. The number of nitrogens with one attached hydrogen (secondary N) is 1. The second-order valence-electron chi connectivity index (χ2n) is 5.65. The number of carbonyl (C=O) groups is 1. The third-order valence-corrected chi connectivity index (χ3v) is 4.26. The molecule has 0 unspecified atom stereocenters. The van der Waals surface area contributed by atoms with E-state index in [0.717, 1.165) is 0 Å². The van der Waals surface area contributed by atoms with Gasteiger partial charge in [-0.25, -0.2) is 14.7 Å². The molecule has 9 heteroatoms. The molecule has 0 atom stereocenters. The molecular weight excluding hydrogens is 314 g/mol. The molecule has 4 rings (SSSR count). The van der Waals surface area contributed by atoms with E-state index in [-0.39, 0.29) is 18.1 Å². The monoisotopic (exact) mass is 329 g/mol. The Hall–Kier alpha value is -3.10. The van der Waals surface area contributed by atoms with Crippen LogP contribution >= 0.6 is 0 Å². The van der Waals surface area contributed by atoms with Crippen molar-refractivity contribution in [2.24, 2.45) is 0 Å². The topological polar surface area (TPSA) is 106 Å². The number of aromatic amines is 1. The molecule has 1 N–H and O–H groups in total. The van der Waals surface area contributed by atoms with Gasteiger partial charge in [-0.1, -0.05) is 12.1 Å². The predicted octanol–water partition coefficient (Wildman–Crippen LogP) is -0.436. The number of hydrogen-bond acceptors (Lipinski definition) is 5. The van der Waals surface area contributed by atoms with Crippen LogP contribution in [0.2, 0.25) is 0 Å². The SMILES string of the molecule is O=C(Cn1c(=O)oc2ccccc21)N1CCc2n[nH]c(=O)n2CC1. The van der Waals surface area contributed by atoms with Gasteiger partial charge in [0.05, 0.1) is 5.52 Å². The molecule has 3 aromatic rings. The van der Waals surface area contributed by atoms with E-state index in [0.29, 0.717) is 43.0 Å². The summed E-state index contributed by atoms with van der Waals surface area (Å²) in [7, 11) is 0. The molecule has 2 aromatic heterocycles. The lowest BCUT2D eigenvalue weighted by Crippen LogP contribution is -2.38. The average Bonchev–Trinajstić information content (AvgIpc) is 2.99. The summed E-state index contributed by atoms with van der Waals surface area (Å²) in [6.07, 6.45) is 0.492. The highest BCUT2D eigenvalue weighted by atomic mass is 16.4. The number of hydrogen-bond donors (Lipinski definition) is 1. The zero-order valence-corrected chi connectivity index (χ0v) is 12.8. The number of H-pyrrole nitrogens is 1. The molecule has 1 amide bonds. The summed E-state index contributed by atoms with van der Waals surface area (Å²) >= 11 is 0. The van der Waals surface area contributed by atoms with E-state index in [4.69, 9.17) is 4.42 Å². The highest BCUT2D eigenvalue weighted by Gasteiger charge is 2.22. The fourth-order valence-corrected chi connectivity index (χ4v) is 2.99. The highest BCUT2D eigenvalue weighted by Crippen LogP contribution is 2.12. The van der Waals surface area contributed by atoms with Gasteiger partial charge in [0.1, 0.15) is 12.4 Å². The summed E-state index contributed by atoms with van der Waals surface area (Å²) in [6.45, 7) is 1.15. The fraction of sp³-hybridized carbons (Fsp3) is 0.333. The van der Waals surface area contributed by atoms with E-state index < -0.39 is 5.76 Å². The molecule has 0 spiro atoms. The van der Waals surface area contributed by atoms with Crippen molar-refractivity contribution in [3.8, 4) is 0 Å². The van der Waals surface area contributed by atoms with Crippen molar-refractivity contribution in [2.45, 2.75) is 19.5 Å². The molecule has 3 heterocycles. The van der Waals surface area contributed by atoms with Crippen LogP contribution in [0.25, 0.3) is 11.1 Å². The quantitative estimate of drug-likeness (QED) is 0.686. The fourth-order valence-electron chi connectivity index (χ4n) is 2.99. The van der Waals surface area contributed by atoms with Crippen molar-refractivity contribution in [3.63, 3.8) is 0 Å². The minimum Gasteiger partial charge on any atom is -0.408 e. The Kier molecular flexibility index (Phi) is 3.33. The molecule has 1 aliphatic rings. The summed E-state index contributed by atoms with van der Waals surface area (Å²) in [5.74, 6) is -0.101. The van der Waals surface area contributed by atoms with Crippen molar-refractivity contribution < 1.29 is 9.21 Å². The zero-order chi connectivity index (χ0) is 16.7. The lowest BCUT2D eigenvalue weighted by molar-refractivity contribution is -0.131. The van der Waals surface area contributed by atoms with Crippen LogP contribution < -0.4 is 11.4 Å². The van der Waals surface area contributed by atoms with E-state index >= 15 is 0 Å². The molecule has 124 valence electrons. The molecule has 1 aromatic carbocycles. The van der Waals surface area contributed by atoms with Crippen molar-refractivity contribution in [3.05, 3.63) is 51.1 Å². The van der Waals surface area contributed by atoms with Crippen molar-refractivity contribution in [1.82, 2.24) is 24.2 Å². The number of amides is 1. The van der Waals surface area contributed by atoms with Crippen LogP contribution in [0.4, 0.5) is 0 Å². The van der Waals surface area contributed by atoms with Gasteiger partial charge in [0, 0.05) is 26.1 Å². The van der Waals surface area contributed by atoms with E-state index in [1.807, 2.05) is 0 Å². The Morgan fingerprint density at radius 3 is 2.92 bits per heavy atom. The summed E-state index contributed by atoms with van der Waals surface area (Å²) in [6, 6.07) is 6.99. The van der Waals surface area contributed by atoms with Gasteiger partial charge in [0.15, 0.2) is 5.58 Å². The van der Waals surface area contributed by atoms with Crippen molar-refractivity contribution in [1.29, 1.82) is 0 Å². The number of benzene rings is 1. The molecule has 0 radical (unpaired) electrons. The van der Waals surface area contributed by atoms with Gasteiger partial charge >= 0.3 is 11.4 Å². The normalized spacial score (nSPS) is 14.6. The van der Waals surface area contributed by atoms with Crippen LogP contribution in [0.15, 0.2) is 38.3 Å². The minimum atomic E-state index is -0.552. The predicted molar refractivity (Wildman–Crippen MR) is 83.6 cm³/mol. The number of aromatic nitrogens is 4. The maximum atomic E-state index is 12.6. The molecule has 24 heavy (non-hydrogen) atoms. The lowest BCUT2D eigenvalue weighted by Gasteiger charge is -2.19. The number of carbonyl (C=O) groups excluding carboxylic acids is 1. The Balaban J connectivity index is 1.55. The molecule has 0 aliphatic carbocycles. The molecule has 0 saturated heterocycles. The van der Waals surface area contributed by atoms with Gasteiger partial charge in [0.25, 0.3) is 0 Å². The number of oxazole rings is 1. The van der Waals surface area contributed by atoms with Crippen molar-refractivity contribution in [2.75, 3.05) is 13.1 Å². The number of fused-ring (bicyclic) bond motifs is 2. The number of rotatable bonds is 2. The molecule has 0 saturated carbocycles. The van der Waals surface area contributed by atoms with Crippen molar-refractivity contribution >= 4 is 17.0 Å². The largest absolute Gasteiger partial charge is 0.420 e. The maximum absolute atomic E-state index is 12.6. The van der Waals surface area contributed by atoms with Gasteiger partial charge < -0.3 is 9.32 Å². The lowest BCUT2D eigenvalue weighted by atomic mass is 10.3. The third kappa shape index (κ3) is 2.34. The minimum absolute atomic E-state index is 0.0888. The van der Waals surface area contributed by atoms with E-state index in [2.05, 4.69) is 10.2 Å².